The minimum Gasteiger partial charge on any atom is -0.490 e. The molecule has 4 heteroatoms. The molecule has 0 amide bonds. The summed E-state index contributed by atoms with van der Waals surface area (Å²) < 4.78 is 18.9. The van der Waals surface area contributed by atoms with E-state index in [1.165, 1.54) is 12.1 Å². The molecule has 100 valence electrons. The molecule has 0 radical (unpaired) electrons. The van der Waals surface area contributed by atoms with Crippen molar-refractivity contribution in [2.24, 2.45) is 0 Å². The number of hydrogen-bond acceptors (Lipinski definition) is 3. The molecule has 0 bridgehead atoms. The van der Waals surface area contributed by atoms with Crippen LogP contribution in [0.5, 0.6) is 5.75 Å². The second kappa shape index (κ2) is 5.22. The minimum absolute atomic E-state index is 0.284. The maximum Gasteiger partial charge on any atom is 0.142 e. The van der Waals surface area contributed by atoms with E-state index in [2.05, 4.69) is 6.07 Å². The Hall–Kier alpha value is -2.54. The first-order valence-corrected chi connectivity index (χ1v) is 6.43. The lowest BCUT2D eigenvalue weighted by Gasteiger charge is -2.31. The number of benzene rings is 2. The first-order valence-electron chi connectivity index (χ1n) is 6.43. The zero-order chi connectivity index (χ0) is 13.9. The van der Waals surface area contributed by atoms with Crippen molar-refractivity contribution in [3.63, 3.8) is 0 Å². The van der Waals surface area contributed by atoms with E-state index < -0.39 is 0 Å². The maximum atomic E-state index is 13.4. The first kappa shape index (κ1) is 12.5. The predicted molar refractivity (Wildman–Crippen MR) is 74.1 cm³/mol. The van der Waals surface area contributed by atoms with Gasteiger partial charge in [-0.3, -0.25) is 0 Å². The largest absolute Gasteiger partial charge is 0.490 e. The second-order valence-electron chi connectivity index (χ2n) is 4.65. The summed E-state index contributed by atoms with van der Waals surface area (Å²) in [6, 6.07) is 14.2. The molecule has 0 saturated heterocycles. The summed E-state index contributed by atoms with van der Waals surface area (Å²) in [4.78, 5) is 2.04. The Balaban J connectivity index is 1.94. The van der Waals surface area contributed by atoms with E-state index in [1.807, 2.05) is 23.1 Å². The third-order valence-corrected chi connectivity index (χ3v) is 3.38. The number of ether oxygens (including phenoxy) is 1. The Labute approximate surface area is 116 Å². The van der Waals surface area contributed by atoms with E-state index in [4.69, 9.17) is 10.00 Å². The van der Waals surface area contributed by atoms with Gasteiger partial charge >= 0.3 is 0 Å². The Morgan fingerprint density at radius 1 is 1.25 bits per heavy atom. The molecule has 0 unspecified atom stereocenters. The van der Waals surface area contributed by atoms with E-state index in [9.17, 15) is 4.39 Å². The van der Waals surface area contributed by atoms with Crippen LogP contribution in [0.4, 0.5) is 10.1 Å². The fourth-order valence-corrected chi connectivity index (χ4v) is 2.38. The molecule has 0 saturated carbocycles. The quantitative estimate of drug-likeness (QED) is 0.839. The van der Waals surface area contributed by atoms with Gasteiger partial charge in [0.25, 0.3) is 0 Å². The average Bonchev–Trinajstić information content (AvgIpc) is 2.48. The second-order valence-corrected chi connectivity index (χ2v) is 4.65. The highest BCUT2D eigenvalue weighted by atomic mass is 19.1. The van der Waals surface area contributed by atoms with Crippen molar-refractivity contribution >= 4 is 5.69 Å². The summed E-state index contributed by atoms with van der Waals surface area (Å²) in [5, 5.41) is 9.13. The zero-order valence-electron chi connectivity index (χ0n) is 10.8. The molecule has 1 heterocycles. The molecular formula is C16H13FN2O. The number of anilines is 1. The summed E-state index contributed by atoms with van der Waals surface area (Å²) in [5.74, 6) is 0.403. The fourth-order valence-electron chi connectivity index (χ4n) is 2.38. The molecule has 1 aliphatic heterocycles. The first-order chi connectivity index (χ1) is 9.78. The van der Waals surface area contributed by atoms with Crippen LogP contribution in [0.15, 0.2) is 42.5 Å². The molecule has 20 heavy (non-hydrogen) atoms. The summed E-state index contributed by atoms with van der Waals surface area (Å²) in [6.45, 7) is 1.81. The van der Waals surface area contributed by atoms with Gasteiger partial charge in [0.15, 0.2) is 0 Å². The third kappa shape index (κ3) is 2.30. The maximum absolute atomic E-state index is 13.4. The summed E-state index contributed by atoms with van der Waals surface area (Å²) in [7, 11) is 0. The Bertz CT molecular complexity index is 678. The molecule has 0 atom stereocenters. The van der Waals surface area contributed by atoms with Gasteiger partial charge in [0.1, 0.15) is 18.2 Å². The lowest BCUT2D eigenvalue weighted by atomic mass is 10.1. The van der Waals surface area contributed by atoms with E-state index in [-0.39, 0.29) is 5.82 Å². The fraction of sp³-hybridized carbons (Fsp3) is 0.188. The third-order valence-electron chi connectivity index (χ3n) is 3.38. The van der Waals surface area contributed by atoms with E-state index in [0.29, 0.717) is 31.0 Å². The highest BCUT2D eigenvalue weighted by molar-refractivity contribution is 5.60. The van der Waals surface area contributed by atoms with Crippen LogP contribution in [0, 0.1) is 17.1 Å². The molecule has 0 aromatic heterocycles. The monoisotopic (exact) mass is 268 g/mol. The number of rotatable bonds is 2. The standard InChI is InChI=1S/C16H13FN2O/c17-14-5-6-16-15(9-14)19(7-8-20-16)11-13-4-2-1-3-12(13)10-18/h1-6,9H,7-8,11H2. The SMILES string of the molecule is N#Cc1ccccc1CN1CCOc2ccc(F)cc21. The average molecular weight is 268 g/mol. The van der Waals surface area contributed by atoms with Crippen LogP contribution in [0.3, 0.4) is 0 Å². The van der Waals surface area contributed by atoms with E-state index >= 15 is 0 Å². The van der Waals surface area contributed by atoms with Crippen molar-refractivity contribution in [2.45, 2.75) is 6.54 Å². The Morgan fingerprint density at radius 3 is 2.95 bits per heavy atom. The molecule has 1 aliphatic rings. The van der Waals surface area contributed by atoms with Gasteiger partial charge < -0.3 is 9.64 Å². The van der Waals surface area contributed by atoms with Gasteiger partial charge in [-0.15, -0.1) is 0 Å². The van der Waals surface area contributed by atoms with Crippen LogP contribution < -0.4 is 9.64 Å². The van der Waals surface area contributed by atoms with Gasteiger partial charge in [0.05, 0.1) is 23.9 Å². The van der Waals surface area contributed by atoms with Gasteiger partial charge in [-0.1, -0.05) is 18.2 Å². The zero-order valence-corrected chi connectivity index (χ0v) is 10.8. The smallest absolute Gasteiger partial charge is 0.142 e. The van der Waals surface area contributed by atoms with E-state index in [0.717, 1.165) is 11.3 Å². The number of nitriles is 1. The van der Waals surface area contributed by atoms with Crippen molar-refractivity contribution in [1.82, 2.24) is 0 Å². The number of hydrogen-bond donors (Lipinski definition) is 0. The lowest BCUT2D eigenvalue weighted by molar-refractivity contribution is 0.306. The van der Waals surface area contributed by atoms with Crippen molar-refractivity contribution in [3.8, 4) is 11.8 Å². The molecular weight excluding hydrogens is 255 g/mol. The van der Waals surface area contributed by atoms with Gasteiger partial charge in [-0.2, -0.15) is 5.26 Å². The molecule has 3 rings (SSSR count). The van der Waals surface area contributed by atoms with Gasteiger partial charge in [-0.25, -0.2) is 4.39 Å². The number of nitrogens with zero attached hydrogens (tertiary/aromatic N) is 2. The van der Waals surface area contributed by atoms with Crippen molar-refractivity contribution in [1.29, 1.82) is 5.26 Å². The molecule has 0 spiro atoms. The molecule has 2 aromatic rings. The van der Waals surface area contributed by atoms with Crippen molar-refractivity contribution in [3.05, 3.63) is 59.4 Å². The molecule has 0 aliphatic carbocycles. The van der Waals surface area contributed by atoms with Crippen LogP contribution in [-0.4, -0.2) is 13.2 Å². The van der Waals surface area contributed by atoms with Crippen molar-refractivity contribution < 1.29 is 9.13 Å². The van der Waals surface area contributed by atoms with Gasteiger partial charge in [0, 0.05) is 12.6 Å². The van der Waals surface area contributed by atoms with Crippen LogP contribution in [0.25, 0.3) is 0 Å². The summed E-state index contributed by atoms with van der Waals surface area (Å²) in [5.41, 5.74) is 2.33. The Morgan fingerprint density at radius 2 is 2.10 bits per heavy atom. The van der Waals surface area contributed by atoms with Gasteiger partial charge in [-0.05, 0) is 23.8 Å². The number of halogens is 1. The van der Waals surface area contributed by atoms with Crippen LogP contribution in [-0.2, 0) is 6.54 Å². The van der Waals surface area contributed by atoms with Crippen LogP contribution >= 0.6 is 0 Å². The molecule has 0 fully saturated rings. The topological polar surface area (TPSA) is 36.3 Å². The summed E-state index contributed by atoms with van der Waals surface area (Å²) in [6.07, 6.45) is 0. The molecule has 3 nitrogen and oxygen atoms in total. The van der Waals surface area contributed by atoms with Crippen LogP contribution in [0.1, 0.15) is 11.1 Å². The number of fused-ring (bicyclic) bond motifs is 1. The van der Waals surface area contributed by atoms with E-state index in [1.54, 1.807) is 12.1 Å². The van der Waals surface area contributed by atoms with Gasteiger partial charge in [0.2, 0.25) is 0 Å². The highest BCUT2D eigenvalue weighted by Crippen LogP contribution is 2.33. The minimum atomic E-state index is -0.284. The highest BCUT2D eigenvalue weighted by Gasteiger charge is 2.19. The van der Waals surface area contributed by atoms with Crippen molar-refractivity contribution in [2.75, 3.05) is 18.1 Å². The lowest BCUT2D eigenvalue weighted by Crippen LogP contribution is -2.32. The molecule has 2 aromatic carbocycles. The normalized spacial score (nSPS) is 13.3. The predicted octanol–water partition coefficient (Wildman–Crippen LogP) is 3.10. The molecule has 0 N–H and O–H groups in total. The van der Waals surface area contributed by atoms with Crippen LogP contribution in [0.2, 0.25) is 0 Å². The Kier molecular flexibility index (Phi) is 3.26. The summed E-state index contributed by atoms with van der Waals surface area (Å²) >= 11 is 0.